The third kappa shape index (κ3) is 8.00. The average Bonchev–Trinajstić information content (AvgIpc) is 3.09. The van der Waals surface area contributed by atoms with Crippen LogP contribution in [0.4, 0.5) is 5.95 Å². The molecule has 0 spiro atoms. The molecule has 0 bridgehead atoms. The van der Waals surface area contributed by atoms with E-state index in [-0.39, 0.29) is 11.5 Å². The van der Waals surface area contributed by atoms with Gasteiger partial charge in [0.2, 0.25) is 11.9 Å². The first-order chi connectivity index (χ1) is 22.4. The van der Waals surface area contributed by atoms with Crippen LogP contribution < -0.4 is 25.4 Å². The molecule has 5 rings (SSSR count). The molecule has 0 saturated carbocycles. The highest BCUT2D eigenvalue weighted by atomic mass is 16.5. The maximum absolute atomic E-state index is 13.9. The van der Waals surface area contributed by atoms with Crippen LogP contribution in [0.2, 0.25) is 0 Å². The Bertz CT molecular complexity index is 1610. The summed E-state index contributed by atoms with van der Waals surface area (Å²) in [4.78, 5) is 37.2. The Balaban J connectivity index is 1.30. The van der Waals surface area contributed by atoms with Gasteiger partial charge in [0.05, 0.1) is 23.8 Å². The van der Waals surface area contributed by atoms with Crippen LogP contribution in [-0.4, -0.2) is 60.3 Å². The van der Waals surface area contributed by atoms with E-state index >= 15 is 0 Å². The number of carboxylic acids is 1. The smallest absolute Gasteiger partial charge is 0.339 e. The normalized spacial score (nSPS) is 14.0. The van der Waals surface area contributed by atoms with Crippen molar-refractivity contribution in [2.75, 3.05) is 38.3 Å². The second kappa shape index (κ2) is 15.4. The van der Waals surface area contributed by atoms with Gasteiger partial charge >= 0.3 is 5.97 Å². The van der Waals surface area contributed by atoms with E-state index in [1.165, 1.54) is 6.20 Å². The minimum atomic E-state index is -1.06. The quantitative estimate of drug-likeness (QED) is 0.186. The van der Waals surface area contributed by atoms with Gasteiger partial charge in [0, 0.05) is 37.9 Å². The van der Waals surface area contributed by atoms with Crippen molar-refractivity contribution in [3.8, 4) is 11.5 Å². The molecule has 0 aliphatic carbocycles. The average molecular weight is 624 g/mol. The van der Waals surface area contributed by atoms with E-state index in [9.17, 15) is 14.7 Å². The largest absolute Gasteiger partial charge is 0.496 e. The number of carbonyl (C=O) groups is 2. The van der Waals surface area contributed by atoms with Gasteiger partial charge in [-0.05, 0) is 61.4 Å². The van der Waals surface area contributed by atoms with Crippen LogP contribution in [0.5, 0.6) is 11.5 Å². The first-order valence-electron chi connectivity index (χ1n) is 15.6. The Hall–Kier alpha value is -4.96. The van der Waals surface area contributed by atoms with Crippen molar-refractivity contribution in [2.24, 2.45) is 11.1 Å². The second-order valence-electron chi connectivity index (χ2n) is 11.5. The first-order valence-corrected chi connectivity index (χ1v) is 15.6. The van der Waals surface area contributed by atoms with Crippen LogP contribution in [0, 0.1) is 5.41 Å². The fourth-order valence-electron chi connectivity index (χ4n) is 5.94. The summed E-state index contributed by atoms with van der Waals surface area (Å²) in [5.41, 5.74) is 8.53. The molecule has 4 aromatic rings. The Labute approximate surface area is 269 Å². The number of carbonyl (C=O) groups excluding carboxylic acids is 1. The standard InChI is InChI=1S/C36H41N5O5/c1-45-32-10-6-5-9-28(32)24-38-34(44)36(23-27-7-3-2-4-8-27)17-20-41(21-18-36)35-39-25-30(33(42)43)31(40-35)16-13-26-11-14-29(15-12-26)46-22-19-37/h2-12,14-15,25H,13,16-24,37H2,1H3,(H,38,44)(H,42,43). The van der Waals surface area contributed by atoms with Crippen LogP contribution in [-0.2, 0) is 30.6 Å². The first kappa shape index (κ1) is 32.4. The third-order valence-electron chi connectivity index (χ3n) is 8.55. The molecule has 46 heavy (non-hydrogen) atoms. The van der Waals surface area contributed by atoms with Crippen molar-refractivity contribution < 1.29 is 24.2 Å². The predicted molar refractivity (Wildman–Crippen MR) is 176 cm³/mol. The van der Waals surface area contributed by atoms with E-state index in [1.54, 1.807) is 7.11 Å². The summed E-state index contributed by atoms with van der Waals surface area (Å²) < 4.78 is 11.0. The van der Waals surface area contributed by atoms with Crippen LogP contribution in [0.25, 0.3) is 0 Å². The highest BCUT2D eigenvalue weighted by Crippen LogP contribution is 2.37. The molecule has 3 aromatic carbocycles. The SMILES string of the molecule is COc1ccccc1CNC(=O)C1(Cc2ccccc2)CCN(c2ncc(C(=O)O)c(CCc3ccc(OCCN)cc3)n2)CC1. The minimum Gasteiger partial charge on any atom is -0.496 e. The Kier molecular flexibility index (Phi) is 10.8. The number of ether oxygens (including phenoxy) is 2. The van der Waals surface area contributed by atoms with Gasteiger partial charge < -0.3 is 30.5 Å². The molecule has 10 nitrogen and oxygen atoms in total. The van der Waals surface area contributed by atoms with Gasteiger partial charge in [0.25, 0.3) is 0 Å². The maximum Gasteiger partial charge on any atom is 0.339 e. The zero-order valence-electron chi connectivity index (χ0n) is 26.2. The minimum absolute atomic E-state index is 0.00388. The Morgan fingerprint density at radius 2 is 1.67 bits per heavy atom. The number of anilines is 1. The summed E-state index contributed by atoms with van der Waals surface area (Å²) in [6, 6.07) is 25.5. The lowest BCUT2D eigenvalue weighted by Crippen LogP contribution is -2.50. The summed E-state index contributed by atoms with van der Waals surface area (Å²) in [6.07, 6.45) is 4.25. The lowest BCUT2D eigenvalue weighted by atomic mass is 9.73. The number of para-hydroxylation sites is 1. The molecule has 0 radical (unpaired) electrons. The fourth-order valence-corrected chi connectivity index (χ4v) is 5.94. The topological polar surface area (TPSA) is 140 Å². The monoisotopic (exact) mass is 623 g/mol. The highest BCUT2D eigenvalue weighted by molar-refractivity contribution is 5.88. The van der Waals surface area contributed by atoms with Gasteiger partial charge in [0.15, 0.2) is 0 Å². The molecule has 240 valence electrons. The van der Waals surface area contributed by atoms with Gasteiger partial charge in [-0.25, -0.2) is 14.8 Å². The molecular formula is C36H41N5O5. The number of aryl methyl sites for hydroxylation is 2. The van der Waals surface area contributed by atoms with E-state index in [0.29, 0.717) is 76.5 Å². The lowest BCUT2D eigenvalue weighted by Gasteiger charge is -2.41. The number of amides is 1. The number of piperidine rings is 1. The molecular weight excluding hydrogens is 582 g/mol. The maximum atomic E-state index is 13.9. The van der Waals surface area contributed by atoms with E-state index in [0.717, 1.165) is 28.2 Å². The van der Waals surface area contributed by atoms with Crippen molar-refractivity contribution in [3.63, 3.8) is 0 Å². The molecule has 1 aliphatic rings. The molecule has 0 atom stereocenters. The molecule has 1 saturated heterocycles. The van der Waals surface area contributed by atoms with E-state index < -0.39 is 11.4 Å². The number of benzene rings is 3. The number of hydrogen-bond donors (Lipinski definition) is 3. The fraction of sp³-hybridized carbons (Fsp3) is 0.333. The number of nitrogens with two attached hydrogens (primary N) is 1. The summed E-state index contributed by atoms with van der Waals surface area (Å²) in [6.45, 7) is 2.38. The molecule has 2 heterocycles. The number of aromatic nitrogens is 2. The van der Waals surface area contributed by atoms with Crippen LogP contribution in [0.1, 0.15) is 45.6 Å². The van der Waals surface area contributed by atoms with Crippen LogP contribution in [0.15, 0.2) is 85.1 Å². The number of carboxylic acid groups (broad SMARTS) is 1. The van der Waals surface area contributed by atoms with E-state index in [4.69, 9.17) is 20.2 Å². The molecule has 1 amide bonds. The lowest BCUT2D eigenvalue weighted by molar-refractivity contribution is -0.132. The van der Waals surface area contributed by atoms with Gasteiger partial charge in [0.1, 0.15) is 18.1 Å². The summed E-state index contributed by atoms with van der Waals surface area (Å²) >= 11 is 0. The van der Waals surface area contributed by atoms with Crippen molar-refractivity contribution in [1.82, 2.24) is 15.3 Å². The van der Waals surface area contributed by atoms with Gasteiger partial charge in [-0.15, -0.1) is 0 Å². The number of methoxy groups -OCH3 is 1. The van der Waals surface area contributed by atoms with Crippen molar-refractivity contribution >= 4 is 17.8 Å². The molecule has 1 aromatic heterocycles. The van der Waals surface area contributed by atoms with E-state index in [2.05, 4.69) is 27.3 Å². The predicted octanol–water partition coefficient (Wildman–Crippen LogP) is 4.45. The molecule has 0 unspecified atom stereocenters. The molecule has 4 N–H and O–H groups in total. The number of rotatable bonds is 14. The zero-order chi connectivity index (χ0) is 32.4. The van der Waals surface area contributed by atoms with Crippen molar-refractivity contribution in [2.45, 2.75) is 38.6 Å². The summed E-state index contributed by atoms with van der Waals surface area (Å²) in [5.74, 6) is 0.907. The van der Waals surface area contributed by atoms with Gasteiger partial charge in [-0.2, -0.15) is 0 Å². The number of aromatic carboxylic acids is 1. The zero-order valence-corrected chi connectivity index (χ0v) is 26.2. The Morgan fingerprint density at radius 3 is 2.37 bits per heavy atom. The summed E-state index contributed by atoms with van der Waals surface area (Å²) in [7, 11) is 1.63. The number of nitrogens with zero attached hydrogens (tertiary/aromatic N) is 3. The summed E-state index contributed by atoms with van der Waals surface area (Å²) in [5, 5.41) is 13.0. The Morgan fingerprint density at radius 1 is 0.957 bits per heavy atom. The number of nitrogens with one attached hydrogen (secondary N) is 1. The van der Waals surface area contributed by atoms with Crippen LogP contribution >= 0.6 is 0 Å². The molecule has 1 aliphatic heterocycles. The van der Waals surface area contributed by atoms with Crippen molar-refractivity contribution in [1.29, 1.82) is 0 Å². The molecule has 10 heteroatoms. The van der Waals surface area contributed by atoms with E-state index in [1.807, 2.05) is 66.7 Å². The second-order valence-corrected chi connectivity index (χ2v) is 11.5. The number of hydrogen-bond acceptors (Lipinski definition) is 8. The van der Waals surface area contributed by atoms with Crippen LogP contribution in [0.3, 0.4) is 0 Å². The van der Waals surface area contributed by atoms with Crippen molar-refractivity contribution in [3.05, 3.63) is 113 Å². The highest BCUT2D eigenvalue weighted by Gasteiger charge is 2.42. The van der Waals surface area contributed by atoms with Gasteiger partial charge in [-0.1, -0.05) is 60.7 Å². The van der Waals surface area contributed by atoms with Gasteiger partial charge in [-0.3, -0.25) is 4.79 Å². The molecule has 1 fully saturated rings. The third-order valence-corrected chi connectivity index (χ3v) is 8.55.